The Hall–Kier alpha value is -3.03. The van der Waals surface area contributed by atoms with Gasteiger partial charge < -0.3 is 25.0 Å². The first-order valence-corrected chi connectivity index (χ1v) is 11.6. The van der Waals surface area contributed by atoms with Crippen LogP contribution in [0.25, 0.3) is 0 Å². The molecule has 0 radical (unpaired) electrons. The number of para-hydroxylation sites is 1. The van der Waals surface area contributed by atoms with E-state index < -0.39 is 0 Å². The third-order valence-electron chi connectivity index (χ3n) is 5.61. The number of halogens is 1. The van der Waals surface area contributed by atoms with Gasteiger partial charge in [0.05, 0.1) is 18.5 Å². The first-order valence-electron chi connectivity index (χ1n) is 11.3. The van der Waals surface area contributed by atoms with E-state index in [1.807, 2.05) is 56.3 Å². The van der Waals surface area contributed by atoms with E-state index in [9.17, 15) is 0 Å². The molecule has 0 saturated carbocycles. The molecule has 0 bridgehead atoms. The van der Waals surface area contributed by atoms with Crippen LogP contribution in [0.15, 0.2) is 48.7 Å². The van der Waals surface area contributed by atoms with Crippen molar-refractivity contribution in [2.45, 2.75) is 32.8 Å². The van der Waals surface area contributed by atoms with Crippen LogP contribution in [-0.4, -0.2) is 47.7 Å². The average Bonchev–Trinajstić information content (AvgIpc) is 2.81. The Morgan fingerprint density at radius 1 is 1.09 bits per heavy atom. The lowest BCUT2D eigenvalue weighted by atomic mass is 10.1. The Kier molecular flexibility index (Phi) is 7.52. The van der Waals surface area contributed by atoms with Crippen LogP contribution < -0.4 is 20.1 Å². The number of anilines is 4. The molecule has 4 rings (SSSR count). The monoisotopic (exact) mass is 467 g/mol. The van der Waals surface area contributed by atoms with Crippen LogP contribution in [0.5, 0.6) is 11.5 Å². The molecule has 7 nitrogen and oxygen atoms in total. The van der Waals surface area contributed by atoms with Gasteiger partial charge in [0, 0.05) is 24.8 Å². The summed E-state index contributed by atoms with van der Waals surface area (Å²) in [7, 11) is 2.14. The molecule has 1 aromatic heterocycles. The van der Waals surface area contributed by atoms with Crippen LogP contribution >= 0.6 is 11.6 Å². The highest BCUT2D eigenvalue weighted by atomic mass is 35.5. The van der Waals surface area contributed by atoms with Crippen molar-refractivity contribution in [3.8, 4) is 11.5 Å². The average molecular weight is 468 g/mol. The van der Waals surface area contributed by atoms with E-state index in [1.54, 1.807) is 6.20 Å². The second-order valence-electron chi connectivity index (χ2n) is 8.17. The van der Waals surface area contributed by atoms with Gasteiger partial charge >= 0.3 is 0 Å². The fraction of sp³-hybridized carbons (Fsp3) is 0.360. The summed E-state index contributed by atoms with van der Waals surface area (Å²) in [5.41, 5.74) is 2.80. The zero-order chi connectivity index (χ0) is 23.2. The molecule has 0 unspecified atom stereocenters. The number of aryl methyl sites for hydroxylation is 1. The molecule has 0 atom stereocenters. The fourth-order valence-corrected chi connectivity index (χ4v) is 3.86. The van der Waals surface area contributed by atoms with Gasteiger partial charge in [0.1, 0.15) is 22.6 Å². The summed E-state index contributed by atoms with van der Waals surface area (Å²) >= 11 is 6.35. The van der Waals surface area contributed by atoms with Crippen molar-refractivity contribution >= 4 is 34.7 Å². The summed E-state index contributed by atoms with van der Waals surface area (Å²) < 4.78 is 12.1. The van der Waals surface area contributed by atoms with Gasteiger partial charge in [0.15, 0.2) is 5.82 Å². The third kappa shape index (κ3) is 6.06. The number of ether oxygens (including phenoxy) is 2. The number of nitrogens with one attached hydrogen (secondary N) is 2. The fourth-order valence-electron chi connectivity index (χ4n) is 3.73. The summed E-state index contributed by atoms with van der Waals surface area (Å²) in [6.45, 7) is 6.62. The number of benzene rings is 2. The smallest absolute Gasteiger partial charge is 0.229 e. The minimum Gasteiger partial charge on any atom is -0.492 e. The van der Waals surface area contributed by atoms with E-state index in [0.717, 1.165) is 48.6 Å². The number of rotatable bonds is 8. The van der Waals surface area contributed by atoms with Gasteiger partial charge in [-0.2, -0.15) is 4.98 Å². The predicted molar refractivity (Wildman–Crippen MR) is 134 cm³/mol. The van der Waals surface area contributed by atoms with Crippen molar-refractivity contribution in [2.75, 3.05) is 37.4 Å². The Labute approximate surface area is 200 Å². The molecule has 0 aliphatic carbocycles. The van der Waals surface area contributed by atoms with E-state index in [1.165, 1.54) is 0 Å². The number of likely N-dealkylation sites (tertiary alicyclic amines) is 1. The van der Waals surface area contributed by atoms with Crippen molar-refractivity contribution in [3.63, 3.8) is 0 Å². The first kappa shape index (κ1) is 23.1. The largest absolute Gasteiger partial charge is 0.492 e. The number of piperidine rings is 1. The van der Waals surface area contributed by atoms with Crippen LogP contribution in [0.3, 0.4) is 0 Å². The van der Waals surface area contributed by atoms with Crippen molar-refractivity contribution in [1.82, 2.24) is 14.9 Å². The van der Waals surface area contributed by atoms with Crippen LogP contribution in [0.4, 0.5) is 23.1 Å². The lowest BCUT2D eigenvalue weighted by Gasteiger charge is -2.29. The molecule has 1 aliphatic heterocycles. The van der Waals surface area contributed by atoms with Crippen molar-refractivity contribution in [2.24, 2.45) is 0 Å². The van der Waals surface area contributed by atoms with E-state index in [0.29, 0.717) is 29.1 Å². The molecular formula is C25H30ClN5O2. The minimum atomic E-state index is 0.226. The Morgan fingerprint density at radius 3 is 2.64 bits per heavy atom. The molecule has 3 aromatic rings. The van der Waals surface area contributed by atoms with Crippen molar-refractivity contribution < 1.29 is 9.47 Å². The number of nitrogens with zero attached hydrogens (tertiary/aromatic N) is 3. The maximum atomic E-state index is 6.35. The van der Waals surface area contributed by atoms with Crippen LogP contribution in [0.2, 0.25) is 5.02 Å². The molecular weight excluding hydrogens is 438 g/mol. The molecule has 1 aliphatic rings. The van der Waals surface area contributed by atoms with E-state index in [-0.39, 0.29) is 6.10 Å². The third-order valence-corrected chi connectivity index (χ3v) is 5.89. The molecule has 0 amide bonds. The standard InChI is InChI=1S/C25H30ClN5O2/c1-4-32-23-15-19(33-18-11-13-31(3)14-12-18)9-10-22(23)29-25-27-16-20(26)24(30-25)28-21-8-6-5-7-17(21)2/h5-10,15-16,18H,4,11-14H2,1-3H3,(H2,27,28,29,30). The van der Waals surface area contributed by atoms with Gasteiger partial charge in [-0.15, -0.1) is 0 Å². The predicted octanol–water partition coefficient (Wildman–Crippen LogP) is 5.80. The van der Waals surface area contributed by atoms with Gasteiger partial charge in [-0.05, 0) is 57.5 Å². The highest BCUT2D eigenvalue weighted by Gasteiger charge is 2.19. The number of hydrogen-bond acceptors (Lipinski definition) is 7. The van der Waals surface area contributed by atoms with Gasteiger partial charge in [-0.3, -0.25) is 0 Å². The van der Waals surface area contributed by atoms with Gasteiger partial charge in [-0.1, -0.05) is 29.8 Å². The summed E-state index contributed by atoms with van der Waals surface area (Å²) in [6.07, 6.45) is 3.85. The van der Waals surface area contributed by atoms with E-state index >= 15 is 0 Å². The minimum absolute atomic E-state index is 0.226. The van der Waals surface area contributed by atoms with E-state index in [2.05, 4.69) is 32.5 Å². The summed E-state index contributed by atoms with van der Waals surface area (Å²) in [4.78, 5) is 11.2. The SMILES string of the molecule is CCOc1cc(OC2CCN(C)CC2)ccc1Nc1ncc(Cl)c(Nc2ccccc2C)n1. The molecule has 2 aromatic carbocycles. The quantitative estimate of drug-likeness (QED) is 0.434. The zero-order valence-electron chi connectivity index (χ0n) is 19.3. The summed E-state index contributed by atoms with van der Waals surface area (Å²) in [5, 5.41) is 6.98. The lowest BCUT2D eigenvalue weighted by Crippen LogP contribution is -2.35. The summed E-state index contributed by atoms with van der Waals surface area (Å²) in [6, 6.07) is 13.8. The topological polar surface area (TPSA) is 71.5 Å². The zero-order valence-corrected chi connectivity index (χ0v) is 20.0. The Bertz CT molecular complexity index is 1090. The molecule has 8 heteroatoms. The molecule has 174 valence electrons. The molecule has 33 heavy (non-hydrogen) atoms. The van der Waals surface area contributed by atoms with Gasteiger partial charge in [0.25, 0.3) is 0 Å². The second kappa shape index (κ2) is 10.7. The number of aromatic nitrogens is 2. The first-order chi connectivity index (χ1) is 16.0. The van der Waals surface area contributed by atoms with Crippen LogP contribution in [0.1, 0.15) is 25.3 Å². The number of hydrogen-bond donors (Lipinski definition) is 2. The second-order valence-corrected chi connectivity index (χ2v) is 8.57. The van der Waals surface area contributed by atoms with Crippen molar-refractivity contribution in [1.29, 1.82) is 0 Å². The maximum absolute atomic E-state index is 6.35. The van der Waals surface area contributed by atoms with Gasteiger partial charge in [0.2, 0.25) is 5.95 Å². The molecule has 1 saturated heterocycles. The van der Waals surface area contributed by atoms with E-state index in [4.69, 9.17) is 21.1 Å². The van der Waals surface area contributed by atoms with Crippen LogP contribution in [0, 0.1) is 6.92 Å². The lowest BCUT2D eigenvalue weighted by molar-refractivity contribution is 0.114. The van der Waals surface area contributed by atoms with Crippen molar-refractivity contribution in [3.05, 3.63) is 59.2 Å². The highest BCUT2D eigenvalue weighted by molar-refractivity contribution is 6.32. The highest BCUT2D eigenvalue weighted by Crippen LogP contribution is 2.33. The molecule has 0 spiro atoms. The molecule has 2 heterocycles. The van der Waals surface area contributed by atoms with Crippen LogP contribution in [-0.2, 0) is 0 Å². The Morgan fingerprint density at radius 2 is 1.88 bits per heavy atom. The Balaban J connectivity index is 1.51. The normalized spacial score (nSPS) is 14.7. The maximum Gasteiger partial charge on any atom is 0.229 e. The van der Waals surface area contributed by atoms with Gasteiger partial charge in [-0.25, -0.2) is 4.98 Å². The summed E-state index contributed by atoms with van der Waals surface area (Å²) in [5.74, 6) is 2.44. The molecule has 1 fully saturated rings. The molecule has 2 N–H and O–H groups in total.